The van der Waals surface area contributed by atoms with Crippen molar-refractivity contribution in [3.05, 3.63) is 18.0 Å². The van der Waals surface area contributed by atoms with Crippen molar-refractivity contribution in [2.75, 3.05) is 13.2 Å². The van der Waals surface area contributed by atoms with E-state index in [0.717, 1.165) is 12.0 Å². The number of nitrogens with two attached hydrogens (primary N) is 1. The summed E-state index contributed by atoms with van der Waals surface area (Å²) in [7, 11) is 0. The Balaban J connectivity index is 1.60. The lowest BCUT2D eigenvalue weighted by atomic mass is 9.48. The summed E-state index contributed by atoms with van der Waals surface area (Å²) in [4.78, 5) is 12.6. The number of amides is 1. The van der Waals surface area contributed by atoms with Gasteiger partial charge in [-0.25, -0.2) is 0 Å². The molecule has 1 aliphatic heterocycles. The van der Waals surface area contributed by atoms with E-state index in [2.05, 4.69) is 10.4 Å². The first-order valence-corrected chi connectivity index (χ1v) is 7.55. The molecule has 3 atom stereocenters. The van der Waals surface area contributed by atoms with Crippen molar-refractivity contribution in [3.63, 3.8) is 0 Å². The first kappa shape index (κ1) is 14.5. The van der Waals surface area contributed by atoms with Crippen LogP contribution in [-0.2, 0) is 16.1 Å². The first-order chi connectivity index (χ1) is 9.87. The predicted octanol–water partition coefficient (Wildman–Crippen LogP) is 0.450. The van der Waals surface area contributed by atoms with E-state index in [1.54, 1.807) is 0 Å². The van der Waals surface area contributed by atoms with E-state index in [4.69, 9.17) is 10.5 Å². The van der Waals surface area contributed by atoms with Crippen LogP contribution in [0.5, 0.6) is 0 Å². The summed E-state index contributed by atoms with van der Waals surface area (Å²) in [5, 5.41) is 7.18. The van der Waals surface area contributed by atoms with Gasteiger partial charge in [-0.2, -0.15) is 5.10 Å². The number of nitrogens with one attached hydrogen (secondary N) is 1. The molecule has 2 fully saturated rings. The molecule has 1 saturated carbocycles. The summed E-state index contributed by atoms with van der Waals surface area (Å²) in [6.45, 7) is 7.94. The molecule has 1 aromatic rings. The van der Waals surface area contributed by atoms with Crippen LogP contribution >= 0.6 is 0 Å². The first-order valence-electron chi connectivity index (χ1n) is 7.55. The Morgan fingerprint density at radius 3 is 3.05 bits per heavy atom. The SMILES string of the molecule is Cc1cnn(CCNC(=O)C2(N)C3CCOC3C2(C)C)c1. The lowest BCUT2D eigenvalue weighted by Crippen LogP contribution is -2.80. The number of carbonyl (C=O) groups is 1. The summed E-state index contributed by atoms with van der Waals surface area (Å²) in [6.07, 6.45) is 4.75. The monoisotopic (exact) mass is 292 g/mol. The summed E-state index contributed by atoms with van der Waals surface area (Å²) < 4.78 is 7.54. The second kappa shape index (κ2) is 4.81. The maximum Gasteiger partial charge on any atom is 0.241 e. The third-order valence-electron chi connectivity index (χ3n) is 5.22. The number of rotatable bonds is 4. The zero-order valence-electron chi connectivity index (χ0n) is 12.9. The molecular formula is C15H24N4O2. The fourth-order valence-electron chi connectivity index (χ4n) is 3.86. The van der Waals surface area contributed by atoms with E-state index in [1.165, 1.54) is 0 Å². The molecule has 1 amide bonds. The Labute approximate surface area is 125 Å². The zero-order chi connectivity index (χ0) is 15.3. The number of aryl methyl sites for hydroxylation is 1. The van der Waals surface area contributed by atoms with Crippen molar-refractivity contribution in [1.29, 1.82) is 0 Å². The van der Waals surface area contributed by atoms with Gasteiger partial charge in [-0.1, -0.05) is 13.8 Å². The normalized spacial score (nSPS) is 33.3. The van der Waals surface area contributed by atoms with E-state index in [0.29, 0.717) is 19.7 Å². The van der Waals surface area contributed by atoms with Gasteiger partial charge in [0.1, 0.15) is 5.54 Å². The zero-order valence-corrected chi connectivity index (χ0v) is 12.9. The van der Waals surface area contributed by atoms with Crippen LogP contribution in [0.2, 0.25) is 0 Å². The van der Waals surface area contributed by atoms with Crippen molar-refractivity contribution < 1.29 is 9.53 Å². The second-order valence-electron chi connectivity index (χ2n) is 6.81. The van der Waals surface area contributed by atoms with E-state index in [9.17, 15) is 4.79 Å². The standard InChI is InChI=1S/C15H24N4O2/c1-10-8-18-19(9-10)6-5-17-13(20)15(16)11-4-7-21-12(11)14(15,2)3/h8-9,11-12H,4-7,16H2,1-3H3,(H,17,20). The summed E-state index contributed by atoms with van der Waals surface area (Å²) in [5.41, 5.74) is 6.45. The van der Waals surface area contributed by atoms with Crippen molar-refractivity contribution in [3.8, 4) is 0 Å². The molecule has 6 heteroatoms. The van der Waals surface area contributed by atoms with Crippen molar-refractivity contribution in [2.45, 2.75) is 45.4 Å². The van der Waals surface area contributed by atoms with Gasteiger partial charge in [0.25, 0.3) is 0 Å². The van der Waals surface area contributed by atoms with Crippen LogP contribution in [0, 0.1) is 18.3 Å². The molecule has 1 saturated heterocycles. The lowest BCUT2D eigenvalue weighted by Gasteiger charge is -2.60. The van der Waals surface area contributed by atoms with Crippen LogP contribution in [0.3, 0.4) is 0 Å². The molecule has 1 aliphatic carbocycles. The molecule has 21 heavy (non-hydrogen) atoms. The number of hydrogen-bond donors (Lipinski definition) is 2. The van der Waals surface area contributed by atoms with E-state index in [-0.39, 0.29) is 23.3 Å². The van der Waals surface area contributed by atoms with Gasteiger partial charge >= 0.3 is 0 Å². The smallest absolute Gasteiger partial charge is 0.241 e. The highest BCUT2D eigenvalue weighted by Crippen LogP contribution is 2.58. The molecule has 2 aliphatic rings. The number of carbonyl (C=O) groups excluding carboxylic acids is 1. The Morgan fingerprint density at radius 2 is 2.38 bits per heavy atom. The largest absolute Gasteiger partial charge is 0.377 e. The topological polar surface area (TPSA) is 82.2 Å². The quantitative estimate of drug-likeness (QED) is 0.844. The van der Waals surface area contributed by atoms with Crippen molar-refractivity contribution >= 4 is 5.91 Å². The van der Waals surface area contributed by atoms with Crippen molar-refractivity contribution in [1.82, 2.24) is 15.1 Å². The minimum Gasteiger partial charge on any atom is -0.377 e. The Bertz CT molecular complexity index is 554. The Kier molecular flexibility index (Phi) is 3.33. The van der Waals surface area contributed by atoms with Crippen LogP contribution in [0.15, 0.2) is 12.4 Å². The molecular weight excluding hydrogens is 268 g/mol. The molecule has 3 unspecified atom stereocenters. The van der Waals surface area contributed by atoms with Gasteiger partial charge in [0, 0.05) is 30.7 Å². The number of nitrogens with zero attached hydrogens (tertiary/aromatic N) is 2. The van der Waals surface area contributed by atoms with Crippen molar-refractivity contribution in [2.24, 2.45) is 17.1 Å². The molecule has 0 aromatic carbocycles. The van der Waals surface area contributed by atoms with Gasteiger partial charge in [-0.15, -0.1) is 0 Å². The minimum atomic E-state index is -0.825. The number of hydrogen-bond acceptors (Lipinski definition) is 4. The highest BCUT2D eigenvalue weighted by molar-refractivity contribution is 5.89. The Hall–Kier alpha value is -1.40. The molecule has 2 heterocycles. The van der Waals surface area contributed by atoms with Crippen LogP contribution in [0.4, 0.5) is 0 Å². The van der Waals surface area contributed by atoms with Crippen LogP contribution < -0.4 is 11.1 Å². The number of ether oxygens (including phenoxy) is 1. The van der Waals surface area contributed by atoms with Gasteiger partial charge < -0.3 is 15.8 Å². The molecule has 1 aromatic heterocycles. The summed E-state index contributed by atoms with van der Waals surface area (Å²) in [5.74, 6) is 0.0718. The molecule has 0 spiro atoms. The van der Waals surface area contributed by atoms with E-state index in [1.807, 2.05) is 37.8 Å². The minimum absolute atomic E-state index is 0.0665. The maximum absolute atomic E-state index is 12.6. The van der Waals surface area contributed by atoms with Gasteiger partial charge in [-0.3, -0.25) is 9.48 Å². The molecule has 3 rings (SSSR count). The summed E-state index contributed by atoms with van der Waals surface area (Å²) in [6, 6.07) is 0. The fourth-order valence-corrected chi connectivity index (χ4v) is 3.86. The molecule has 6 nitrogen and oxygen atoms in total. The van der Waals surface area contributed by atoms with Gasteiger partial charge in [-0.05, 0) is 18.9 Å². The average molecular weight is 292 g/mol. The van der Waals surface area contributed by atoms with Crippen LogP contribution in [0.1, 0.15) is 25.8 Å². The number of fused-ring (bicyclic) bond motifs is 1. The molecule has 0 radical (unpaired) electrons. The highest BCUT2D eigenvalue weighted by atomic mass is 16.5. The number of aromatic nitrogens is 2. The summed E-state index contributed by atoms with van der Waals surface area (Å²) >= 11 is 0. The van der Waals surface area contributed by atoms with Crippen LogP contribution in [0.25, 0.3) is 0 Å². The fraction of sp³-hybridized carbons (Fsp3) is 0.733. The maximum atomic E-state index is 12.6. The lowest BCUT2D eigenvalue weighted by molar-refractivity contribution is -0.175. The van der Waals surface area contributed by atoms with Crippen LogP contribution in [-0.4, -0.2) is 40.5 Å². The molecule has 3 N–H and O–H groups in total. The highest BCUT2D eigenvalue weighted by Gasteiger charge is 2.71. The molecule has 116 valence electrons. The van der Waals surface area contributed by atoms with Gasteiger partial charge in [0.2, 0.25) is 5.91 Å². The van der Waals surface area contributed by atoms with E-state index >= 15 is 0 Å². The third kappa shape index (κ3) is 2.00. The third-order valence-corrected chi connectivity index (χ3v) is 5.22. The Morgan fingerprint density at radius 1 is 1.62 bits per heavy atom. The molecule has 0 bridgehead atoms. The van der Waals surface area contributed by atoms with Gasteiger partial charge in [0.15, 0.2) is 0 Å². The van der Waals surface area contributed by atoms with E-state index < -0.39 is 5.54 Å². The average Bonchev–Trinajstić information content (AvgIpc) is 3.05. The van der Waals surface area contributed by atoms with Gasteiger partial charge in [0.05, 0.1) is 18.8 Å². The second-order valence-corrected chi connectivity index (χ2v) is 6.81. The predicted molar refractivity (Wildman–Crippen MR) is 78.5 cm³/mol.